The molecule has 5 nitrogen and oxygen atoms in total. The minimum absolute atomic E-state index is 0. The van der Waals surface area contributed by atoms with Crippen molar-refractivity contribution in [1.82, 2.24) is 19.9 Å². The Bertz CT molecular complexity index is 828. The van der Waals surface area contributed by atoms with Crippen molar-refractivity contribution < 1.29 is 4.74 Å². The molecule has 1 aliphatic rings. The van der Waals surface area contributed by atoms with Gasteiger partial charge in [-0.15, -0.1) is 12.4 Å². The molecule has 0 aromatic carbocycles. The fourth-order valence-electron chi connectivity index (χ4n) is 3.08. The van der Waals surface area contributed by atoms with Gasteiger partial charge in [-0.05, 0) is 48.9 Å². The molecular formula is C19H19ClN4O. The average Bonchev–Trinajstić information content (AvgIpc) is 2.67. The molecule has 0 fully saturated rings. The second-order valence-corrected chi connectivity index (χ2v) is 5.88. The molecule has 0 spiro atoms. The van der Waals surface area contributed by atoms with Crippen LogP contribution in [0.1, 0.15) is 29.8 Å². The van der Waals surface area contributed by atoms with Crippen LogP contribution in [-0.4, -0.2) is 19.9 Å². The first-order chi connectivity index (χ1) is 11.9. The maximum absolute atomic E-state index is 5.91. The second-order valence-electron chi connectivity index (χ2n) is 5.88. The number of hydrogen-bond donors (Lipinski definition) is 0. The van der Waals surface area contributed by atoms with Gasteiger partial charge < -0.3 is 4.74 Å². The molecular weight excluding hydrogens is 336 g/mol. The number of halogens is 1. The van der Waals surface area contributed by atoms with E-state index in [1.165, 1.54) is 18.4 Å². The minimum atomic E-state index is 0. The zero-order chi connectivity index (χ0) is 16.2. The Labute approximate surface area is 153 Å². The van der Waals surface area contributed by atoms with Crippen LogP contribution in [0.3, 0.4) is 0 Å². The SMILES string of the molecule is Cl.c1ccc(COc2cc(-c3cncnc3)c3c(n2)CCCC3)nc1. The molecule has 1 aliphatic carbocycles. The summed E-state index contributed by atoms with van der Waals surface area (Å²) in [5.74, 6) is 0.639. The van der Waals surface area contributed by atoms with Crippen molar-refractivity contribution in [3.63, 3.8) is 0 Å². The predicted molar refractivity (Wildman–Crippen MR) is 97.7 cm³/mol. The van der Waals surface area contributed by atoms with Crippen molar-refractivity contribution >= 4 is 12.4 Å². The number of pyridine rings is 2. The van der Waals surface area contributed by atoms with Crippen molar-refractivity contribution in [3.05, 3.63) is 66.1 Å². The fourth-order valence-corrected chi connectivity index (χ4v) is 3.08. The van der Waals surface area contributed by atoms with E-state index in [0.29, 0.717) is 12.5 Å². The highest BCUT2D eigenvalue weighted by Crippen LogP contribution is 2.33. The molecule has 0 saturated carbocycles. The molecule has 0 bridgehead atoms. The lowest BCUT2D eigenvalue weighted by Crippen LogP contribution is -2.09. The highest BCUT2D eigenvalue weighted by atomic mass is 35.5. The lowest BCUT2D eigenvalue weighted by Gasteiger charge is -2.20. The average molecular weight is 355 g/mol. The normalized spacial score (nSPS) is 12.8. The van der Waals surface area contributed by atoms with E-state index in [9.17, 15) is 0 Å². The third kappa shape index (κ3) is 3.94. The van der Waals surface area contributed by atoms with Crippen LogP contribution in [0.25, 0.3) is 11.1 Å². The van der Waals surface area contributed by atoms with Gasteiger partial charge in [-0.1, -0.05) is 6.07 Å². The summed E-state index contributed by atoms with van der Waals surface area (Å²) in [5, 5.41) is 0. The molecule has 3 heterocycles. The van der Waals surface area contributed by atoms with Crippen LogP contribution in [0.5, 0.6) is 5.88 Å². The molecule has 6 heteroatoms. The van der Waals surface area contributed by atoms with Crippen LogP contribution >= 0.6 is 12.4 Å². The molecule has 4 rings (SSSR count). The summed E-state index contributed by atoms with van der Waals surface area (Å²) in [6, 6.07) is 7.81. The number of ether oxygens (including phenoxy) is 1. The van der Waals surface area contributed by atoms with Crippen LogP contribution in [0.4, 0.5) is 0 Å². The van der Waals surface area contributed by atoms with Crippen LogP contribution < -0.4 is 4.74 Å². The van der Waals surface area contributed by atoms with E-state index in [2.05, 4.69) is 15.0 Å². The van der Waals surface area contributed by atoms with E-state index in [-0.39, 0.29) is 12.4 Å². The zero-order valence-electron chi connectivity index (χ0n) is 13.8. The Kier molecular flexibility index (Phi) is 5.56. The highest BCUT2D eigenvalue weighted by molar-refractivity contribution is 5.85. The standard InChI is InChI=1S/C19H18N4O.ClH/c1-2-7-18-16(6-1)17(14-10-20-13-21-11-14)9-19(23-18)24-12-15-5-3-4-8-22-15;/h3-5,8-11,13H,1-2,6-7,12H2;1H. The van der Waals surface area contributed by atoms with Gasteiger partial charge in [-0.25, -0.2) is 15.0 Å². The van der Waals surface area contributed by atoms with Crippen molar-refractivity contribution in [2.45, 2.75) is 32.3 Å². The number of fused-ring (bicyclic) bond motifs is 1. The molecule has 0 unspecified atom stereocenters. The zero-order valence-corrected chi connectivity index (χ0v) is 14.6. The Balaban J connectivity index is 0.00000182. The van der Waals surface area contributed by atoms with Crippen molar-refractivity contribution in [2.75, 3.05) is 0 Å². The lowest BCUT2D eigenvalue weighted by atomic mass is 9.90. The number of hydrogen-bond acceptors (Lipinski definition) is 5. The summed E-state index contributed by atoms with van der Waals surface area (Å²) in [6.07, 6.45) is 11.4. The van der Waals surface area contributed by atoms with Crippen LogP contribution in [0.2, 0.25) is 0 Å². The first kappa shape index (κ1) is 17.3. The van der Waals surface area contributed by atoms with Crippen molar-refractivity contribution in [2.24, 2.45) is 0 Å². The van der Waals surface area contributed by atoms with E-state index in [4.69, 9.17) is 9.72 Å². The molecule has 3 aromatic rings. The molecule has 0 radical (unpaired) electrons. The molecule has 0 saturated heterocycles. The predicted octanol–water partition coefficient (Wildman–Crippen LogP) is 3.81. The van der Waals surface area contributed by atoms with E-state index < -0.39 is 0 Å². The van der Waals surface area contributed by atoms with Gasteiger partial charge in [0.15, 0.2) is 0 Å². The van der Waals surface area contributed by atoms with Crippen molar-refractivity contribution in [3.8, 4) is 17.0 Å². The number of nitrogens with zero attached hydrogens (tertiary/aromatic N) is 4. The monoisotopic (exact) mass is 354 g/mol. The third-order valence-electron chi connectivity index (χ3n) is 4.24. The van der Waals surface area contributed by atoms with Gasteiger partial charge in [0, 0.05) is 35.9 Å². The summed E-state index contributed by atoms with van der Waals surface area (Å²) >= 11 is 0. The van der Waals surface area contributed by atoms with E-state index >= 15 is 0 Å². The van der Waals surface area contributed by atoms with Gasteiger partial charge in [-0.2, -0.15) is 0 Å². The van der Waals surface area contributed by atoms with Crippen LogP contribution in [0, 0.1) is 0 Å². The number of rotatable bonds is 4. The fraction of sp³-hybridized carbons (Fsp3) is 0.263. The molecule has 3 aromatic heterocycles. The Morgan fingerprint density at radius 1 is 1.04 bits per heavy atom. The first-order valence-electron chi connectivity index (χ1n) is 8.21. The summed E-state index contributed by atoms with van der Waals surface area (Å²) in [7, 11) is 0. The number of aryl methyl sites for hydroxylation is 1. The van der Waals surface area contributed by atoms with E-state index in [0.717, 1.165) is 35.4 Å². The third-order valence-corrected chi connectivity index (χ3v) is 4.24. The Morgan fingerprint density at radius 2 is 1.88 bits per heavy atom. The van der Waals surface area contributed by atoms with Gasteiger partial charge in [0.05, 0.1) is 5.69 Å². The molecule has 0 N–H and O–H groups in total. The summed E-state index contributed by atoms with van der Waals surface area (Å²) in [4.78, 5) is 17.3. The van der Waals surface area contributed by atoms with Crippen LogP contribution in [0.15, 0.2) is 49.2 Å². The maximum atomic E-state index is 5.91. The second kappa shape index (κ2) is 8.03. The molecule has 128 valence electrons. The minimum Gasteiger partial charge on any atom is -0.471 e. The Hall–Kier alpha value is -2.53. The van der Waals surface area contributed by atoms with Gasteiger partial charge in [-0.3, -0.25) is 4.98 Å². The van der Waals surface area contributed by atoms with Gasteiger partial charge in [0.2, 0.25) is 5.88 Å². The maximum Gasteiger partial charge on any atom is 0.214 e. The molecule has 0 atom stereocenters. The Morgan fingerprint density at radius 3 is 2.68 bits per heavy atom. The van der Waals surface area contributed by atoms with E-state index in [1.54, 1.807) is 12.5 Å². The van der Waals surface area contributed by atoms with Gasteiger partial charge in [0.1, 0.15) is 12.9 Å². The quantitative estimate of drug-likeness (QED) is 0.713. The molecule has 0 amide bonds. The summed E-state index contributed by atoms with van der Waals surface area (Å²) in [6.45, 7) is 0.414. The lowest BCUT2D eigenvalue weighted by molar-refractivity contribution is 0.288. The van der Waals surface area contributed by atoms with Crippen molar-refractivity contribution in [1.29, 1.82) is 0 Å². The number of aromatic nitrogens is 4. The summed E-state index contributed by atoms with van der Waals surface area (Å²) < 4.78 is 5.91. The van der Waals surface area contributed by atoms with E-state index in [1.807, 2.05) is 36.7 Å². The largest absolute Gasteiger partial charge is 0.471 e. The smallest absolute Gasteiger partial charge is 0.214 e. The van der Waals surface area contributed by atoms with Crippen LogP contribution in [-0.2, 0) is 19.4 Å². The van der Waals surface area contributed by atoms with Gasteiger partial charge in [0.25, 0.3) is 0 Å². The summed E-state index contributed by atoms with van der Waals surface area (Å²) in [5.41, 5.74) is 5.48. The molecule has 0 aliphatic heterocycles. The first-order valence-corrected chi connectivity index (χ1v) is 8.21. The highest BCUT2D eigenvalue weighted by Gasteiger charge is 2.18. The van der Waals surface area contributed by atoms with Gasteiger partial charge >= 0.3 is 0 Å². The topological polar surface area (TPSA) is 60.8 Å². The molecule has 25 heavy (non-hydrogen) atoms.